The molecule has 1 N–H and O–H groups in total. The van der Waals surface area contributed by atoms with Gasteiger partial charge < -0.3 is 10.1 Å². The first-order chi connectivity index (χ1) is 8.24. The zero-order valence-corrected chi connectivity index (χ0v) is 12.5. The number of thiophene rings is 1. The van der Waals surface area contributed by atoms with Crippen molar-refractivity contribution in [3.63, 3.8) is 0 Å². The van der Waals surface area contributed by atoms with Crippen molar-refractivity contribution in [2.75, 3.05) is 32.8 Å². The highest BCUT2D eigenvalue weighted by atomic mass is 79.9. The number of halogens is 1. The van der Waals surface area contributed by atoms with E-state index in [-0.39, 0.29) is 0 Å². The number of morpholine rings is 1. The van der Waals surface area contributed by atoms with Crippen LogP contribution in [0.25, 0.3) is 0 Å². The van der Waals surface area contributed by atoms with Crippen LogP contribution in [0.15, 0.2) is 15.9 Å². The van der Waals surface area contributed by atoms with Gasteiger partial charge in [-0.1, -0.05) is 0 Å². The maximum Gasteiger partial charge on any atom is 0.0674 e. The fraction of sp³-hybridized carbons (Fsp3) is 0.667. The molecule has 0 amide bonds. The van der Waals surface area contributed by atoms with Gasteiger partial charge in [-0.2, -0.15) is 0 Å². The molecule has 0 saturated carbocycles. The van der Waals surface area contributed by atoms with Gasteiger partial charge in [0.05, 0.1) is 12.7 Å². The van der Waals surface area contributed by atoms with Gasteiger partial charge in [0.25, 0.3) is 0 Å². The molecule has 2 heterocycles. The molecule has 2 rings (SSSR count). The topological polar surface area (TPSA) is 24.5 Å². The monoisotopic (exact) mass is 318 g/mol. The van der Waals surface area contributed by atoms with E-state index in [1.807, 2.05) is 0 Å². The maximum absolute atomic E-state index is 5.52. The van der Waals surface area contributed by atoms with Crippen LogP contribution in [-0.2, 0) is 11.3 Å². The lowest BCUT2D eigenvalue weighted by atomic mass is 10.3. The summed E-state index contributed by atoms with van der Waals surface area (Å²) in [6.07, 6.45) is 0.386. The zero-order chi connectivity index (χ0) is 12.1. The summed E-state index contributed by atoms with van der Waals surface area (Å²) in [4.78, 5) is 3.85. The standard InChI is InChI=1S/C12H19BrN2OS/c1-10-8-15(4-5-16-10)3-2-14-7-12-6-11(13)9-17-12/h6,9-10,14H,2-5,7-8H2,1H3. The molecule has 1 aromatic heterocycles. The molecule has 1 aromatic rings. The van der Waals surface area contributed by atoms with Crippen molar-refractivity contribution < 1.29 is 4.74 Å². The van der Waals surface area contributed by atoms with E-state index in [0.717, 1.165) is 39.3 Å². The van der Waals surface area contributed by atoms with Crippen LogP contribution in [0.3, 0.4) is 0 Å². The minimum atomic E-state index is 0.386. The summed E-state index contributed by atoms with van der Waals surface area (Å²) in [6, 6.07) is 2.18. The van der Waals surface area contributed by atoms with Crippen LogP contribution in [0.1, 0.15) is 11.8 Å². The Morgan fingerprint density at radius 2 is 2.53 bits per heavy atom. The summed E-state index contributed by atoms with van der Waals surface area (Å²) < 4.78 is 6.70. The lowest BCUT2D eigenvalue weighted by Gasteiger charge is -2.31. The Morgan fingerprint density at radius 3 is 3.24 bits per heavy atom. The number of ether oxygens (including phenoxy) is 1. The fourth-order valence-corrected chi connectivity index (χ4v) is 3.41. The fourth-order valence-electron chi connectivity index (χ4n) is 1.99. The SMILES string of the molecule is CC1CN(CCNCc2cc(Br)cs2)CCO1. The molecule has 1 aliphatic heterocycles. The molecule has 96 valence electrons. The van der Waals surface area contributed by atoms with Gasteiger partial charge in [0.2, 0.25) is 0 Å². The third kappa shape index (κ3) is 4.67. The molecule has 0 radical (unpaired) electrons. The van der Waals surface area contributed by atoms with E-state index in [0.29, 0.717) is 6.10 Å². The van der Waals surface area contributed by atoms with Crippen molar-refractivity contribution in [2.45, 2.75) is 19.6 Å². The molecule has 1 saturated heterocycles. The zero-order valence-electron chi connectivity index (χ0n) is 10.1. The molecule has 0 aliphatic carbocycles. The Labute approximate surface area is 115 Å². The molecule has 3 nitrogen and oxygen atoms in total. The Hall–Kier alpha value is 0.0600. The highest BCUT2D eigenvalue weighted by Gasteiger charge is 2.15. The van der Waals surface area contributed by atoms with Gasteiger partial charge in [-0.15, -0.1) is 11.3 Å². The van der Waals surface area contributed by atoms with Crippen LogP contribution in [0, 0.1) is 0 Å². The second-order valence-corrected chi connectivity index (χ2v) is 6.30. The van der Waals surface area contributed by atoms with E-state index in [1.165, 1.54) is 9.35 Å². The average molecular weight is 319 g/mol. The smallest absolute Gasteiger partial charge is 0.0674 e. The summed E-state index contributed by atoms with van der Waals surface area (Å²) in [5.74, 6) is 0. The number of nitrogens with one attached hydrogen (secondary N) is 1. The van der Waals surface area contributed by atoms with Crippen molar-refractivity contribution in [3.05, 3.63) is 20.8 Å². The van der Waals surface area contributed by atoms with Gasteiger partial charge in [0.15, 0.2) is 0 Å². The number of hydrogen-bond acceptors (Lipinski definition) is 4. The Kier molecular flexibility index (Phi) is 5.44. The Bertz CT molecular complexity index is 345. The molecule has 1 fully saturated rings. The molecule has 1 unspecified atom stereocenters. The van der Waals surface area contributed by atoms with Gasteiger partial charge in [-0.05, 0) is 28.9 Å². The third-order valence-electron chi connectivity index (χ3n) is 2.85. The molecular formula is C12H19BrN2OS. The van der Waals surface area contributed by atoms with Gasteiger partial charge in [0.1, 0.15) is 0 Å². The lowest BCUT2D eigenvalue weighted by molar-refractivity contribution is -0.0176. The Morgan fingerprint density at radius 1 is 1.65 bits per heavy atom. The van der Waals surface area contributed by atoms with Crippen LogP contribution in [0.2, 0.25) is 0 Å². The number of nitrogens with zero attached hydrogens (tertiary/aromatic N) is 1. The van der Waals surface area contributed by atoms with Crippen LogP contribution < -0.4 is 5.32 Å². The molecule has 1 atom stereocenters. The number of hydrogen-bond donors (Lipinski definition) is 1. The van der Waals surface area contributed by atoms with Crippen molar-refractivity contribution in [3.8, 4) is 0 Å². The largest absolute Gasteiger partial charge is 0.376 e. The number of rotatable bonds is 5. The van der Waals surface area contributed by atoms with E-state index in [2.05, 4.69) is 44.5 Å². The predicted octanol–water partition coefficient (Wildman–Crippen LogP) is 2.32. The van der Waals surface area contributed by atoms with Crippen molar-refractivity contribution in [1.82, 2.24) is 10.2 Å². The molecule has 5 heteroatoms. The minimum absolute atomic E-state index is 0.386. The first-order valence-electron chi connectivity index (χ1n) is 6.01. The van der Waals surface area contributed by atoms with Gasteiger partial charge in [0, 0.05) is 47.5 Å². The van der Waals surface area contributed by atoms with Gasteiger partial charge in [-0.3, -0.25) is 4.90 Å². The van der Waals surface area contributed by atoms with E-state index in [4.69, 9.17) is 4.74 Å². The third-order valence-corrected chi connectivity index (χ3v) is 4.55. The first-order valence-corrected chi connectivity index (χ1v) is 7.69. The Balaban J connectivity index is 1.59. The van der Waals surface area contributed by atoms with Crippen LogP contribution in [0.4, 0.5) is 0 Å². The molecule has 0 bridgehead atoms. The normalized spacial score (nSPS) is 21.9. The van der Waals surface area contributed by atoms with Gasteiger partial charge in [-0.25, -0.2) is 0 Å². The summed E-state index contributed by atoms with van der Waals surface area (Å²) in [5, 5.41) is 5.61. The molecule has 0 aromatic carbocycles. The highest BCUT2D eigenvalue weighted by molar-refractivity contribution is 9.10. The van der Waals surface area contributed by atoms with Gasteiger partial charge >= 0.3 is 0 Å². The molecule has 17 heavy (non-hydrogen) atoms. The second-order valence-electron chi connectivity index (χ2n) is 4.39. The quantitative estimate of drug-likeness (QED) is 0.843. The van der Waals surface area contributed by atoms with Crippen molar-refractivity contribution >= 4 is 27.3 Å². The second kappa shape index (κ2) is 6.85. The summed E-state index contributed by atoms with van der Waals surface area (Å²) in [5.41, 5.74) is 0. The summed E-state index contributed by atoms with van der Waals surface area (Å²) in [6.45, 7) is 8.27. The summed E-state index contributed by atoms with van der Waals surface area (Å²) in [7, 11) is 0. The van der Waals surface area contributed by atoms with Crippen LogP contribution >= 0.6 is 27.3 Å². The average Bonchev–Trinajstić information content (AvgIpc) is 2.71. The molecule has 0 spiro atoms. The molecular weight excluding hydrogens is 300 g/mol. The van der Waals surface area contributed by atoms with Crippen LogP contribution in [0.5, 0.6) is 0 Å². The van der Waals surface area contributed by atoms with E-state index in [9.17, 15) is 0 Å². The molecule has 1 aliphatic rings. The minimum Gasteiger partial charge on any atom is -0.376 e. The van der Waals surface area contributed by atoms with Crippen molar-refractivity contribution in [2.24, 2.45) is 0 Å². The summed E-state index contributed by atoms with van der Waals surface area (Å²) >= 11 is 5.26. The van der Waals surface area contributed by atoms with Crippen molar-refractivity contribution in [1.29, 1.82) is 0 Å². The predicted molar refractivity (Wildman–Crippen MR) is 75.6 cm³/mol. The maximum atomic E-state index is 5.52. The lowest BCUT2D eigenvalue weighted by Crippen LogP contribution is -2.43. The van der Waals surface area contributed by atoms with E-state index in [1.54, 1.807) is 11.3 Å². The first kappa shape index (κ1) is 13.5. The van der Waals surface area contributed by atoms with Crippen LogP contribution in [-0.4, -0.2) is 43.8 Å². The highest BCUT2D eigenvalue weighted by Crippen LogP contribution is 2.19. The van der Waals surface area contributed by atoms with E-state index >= 15 is 0 Å². The van der Waals surface area contributed by atoms with E-state index < -0.39 is 0 Å².